The number of aromatic hydroxyl groups is 1. The van der Waals surface area contributed by atoms with Crippen LogP contribution in [0, 0.1) is 23.7 Å². The number of phenolic OH excluding ortho intramolecular Hbond substituents is 1. The maximum absolute atomic E-state index is 14.2. The molecule has 0 heterocycles. The van der Waals surface area contributed by atoms with Crippen LogP contribution in [-0.2, 0) is 32.1 Å². The van der Waals surface area contributed by atoms with Crippen LogP contribution in [0.5, 0.6) is 5.75 Å². The van der Waals surface area contributed by atoms with E-state index in [0.717, 1.165) is 0 Å². The van der Waals surface area contributed by atoms with Gasteiger partial charge in [0, 0.05) is 49.1 Å². The molecule has 0 bridgehead atoms. The summed E-state index contributed by atoms with van der Waals surface area (Å²) in [4.78, 5) is 94.6. The summed E-state index contributed by atoms with van der Waals surface area (Å²) in [6.07, 6.45) is 0.0474. The third-order valence-corrected chi connectivity index (χ3v) is 9.59. The second-order valence-corrected chi connectivity index (χ2v) is 12.9. The lowest BCUT2D eigenvalue weighted by Gasteiger charge is -2.52. The summed E-state index contributed by atoms with van der Waals surface area (Å²) in [6.45, 7) is 1.21. The molecule has 0 aromatic heterocycles. The molecule has 0 spiro atoms. The number of urea groups is 1. The number of rotatable bonds is 7. The number of Topliss-reactive ketones (excluding diaryl/α,β-unsaturated/α-hetero) is 5. The zero-order valence-corrected chi connectivity index (χ0v) is 26.6. The summed E-state index contributed by atoms with van der Waals surface area (Å²) in [5.74, 6) is -11.5. The van der Waals surface area contributed by atoms with Crippen LogP contribution < -0.4 is 21.3 Å². The van der Waals surface area contributed by atoms with E-state index in [0.29, 0.717) is 22.5 Å². The molecule has 2 unspecified atom stereocenters. The van der Waals surface area contributed by atoms with Crippen LogP contribution in [0.15, 0.2) is 30.3 Å². The molecular formula is C33H37N5O9. The number of fused-ring (bicyclic) bond motifs is 3. The molecular weight excluding hydrogens is 610 g/mol. The van der Waals surface area contributed by atoms with Crippen molar-refractivity contribution < 1.29 is 43.8 Å². The first-order valence-corrected chi connectivity index (χ1v) is 15.1. The van der Waals surface area contributed by atoms with E-state index in [4.69, 9.17) is 5.73 Å². The topological polar surface area (TPSA) is 217 Å². The number of hydrogen-bond acceptors (Lipinski definition) is 11. The fourth-order valence-electron chi connectivity index (χ4n) is 7.38. The monoisotopic (exact) mass is 647 g/mol. The Labute approximate surface area is 270 Å². The molecule has 47 heavy (non-hydrogen) atoms. The van der Waals surface area contributed by atoms with Crippen molar-refractivity contribution in [2.45, 2.75) is 38.0 Å². The van der Waals surface area contributed by atoms with Gasteiger partial charge in [-0.05, 0) is 75.7 Å². The van der Waals surface area contributed by atoms with Gasteiger partial charge < -0.3 is 31.5 Å². The van der Waals surface area contributed by atoms with E-state index in [1.165, 1.54) is 25.9 Å². The van der Waals surface area contributed by atoms with E-state index < -0.39 is 76.1 Å². The lowest BCUT2D eigenvalue weighted by molar-refractivity contribution is -0.181. The number of aliphatic hydroxyl groups is 1. The van der Waals surface area contributed by atoms with Crippen molar-refractivity contribution in [3.63, 3.8) is 0 Å². The van der Waals surface area contributed by atoms with Crippen molar-refractivity contribution in [3.8, 4) is 5.75 Å². The Morgan fingerprint density at radius 2 is 1.66 bits per heavy atom. The first kappa shape index (κ1) is 33.4. The van der Waals surface area contributed by atoms with Crippen molar-refractivity contribution in [1.29, 1.82) is 0 Å². The Morgan fingerprint density at radius 3 is 2.21 bits per heavy atom. The lowest BCUT2D eigenvalue weighted by atomic mass is 9.52. The molecule has 248 valence electrons. The highest BCUT2D eigenvalue weighted by Crippen LogP contribution is 2.52. The number of carbonyl (C=O) groups excluding carboxylic acids is 7. The molecule has 6 N–H and O–H groups in total. The molecule has 3 amide bonds. The van der Waals surface area contributed by atoms with Gasteiger partial charge in [0.05, 0.1) is 17.5 Å². The lowest BCUT2D eigenvalue weighted by Crippen LogP contribution is -2.74. The molecule has 2 aromatic rings. The average molecular weight is 648 g/mol. The van der Waals surface area contributed by atoms with Gasteiger partial charge >= 0.3 is 6.03 Å². The summed E-state index contributed by atoms with van der Waals surface area (Å²) >= 11 is 0. The predicted octanol–water partition coefficient (Wildman–Crippen LogP) is 0.457. The molecule has 14 heteroatoms. The first-order chi connectivity index (χ1) is 22.0. The van der Waals surface area contributed by atoms with Crippen LogP contribution in [0.25, 0.3) is 0 Å². The molecule has 0 saturated heterocycles. The van der Waals surface area contributed by atoms with Gasteiger partial charge in [0.2, 0.25) is 5.91 Å². The highest BCUT2D eigenvalue weighted by molar-refractivity contribution is 6.32. The van der Waals surface area contributed by atoms with Gasteiger partial charge in [-0.3, -0.25) is 33.7 Å². The number of benzene rings is 2. The smallest absolute Gasteiger partial charge is 0.319 e. The Hall–Kier alpha value is -4.95. The zero-order chi connectivity index (χ0) is 34.7. The van der Waals surface area contributed by atoms with Gasteiger partial charge in [0.25, 0.3) is 0 Å². The van der Waals surface area contributed by atoms with Gasteiger partial charge in [-0.1, -0.05) is 0 Å². The Balaban J connectivity index is 1.48. The van der Waals surface area contributed by atoms with E-state index in [9.17, 15) is 43.8 Å². The Morgan fingerprint density at radius 1 is 1.02 bits per heavy atom. The number of nitrogens with zero attached hydrogens (tertiary/aromatic N) is 2. The predicted molar refractivity (Wildman–Crippen MR) is 168 cm³/mol. The number of primary amides is 1. The SMILES string of the molecule is CC(=O)c1ccc(NC(=O)NCc2cc(N(C)C)c3c(c2O)C(=O)C2C(=O)[C@@]4(O)C(=O)C(C(N)=O)C(=O)[C@H](N(C)C)[C@H]4C[C@H]2C3)cc1. The van der Waals surface area contributed by atoms with Crippen LogP contribution in [0.4, 0.5) is 16.2 Å². The second-order valence-electron chi connectivity index (χ2n) is 12.9. The third-order valence-electron chi connectivity index (χ3n) is 9.59. The fraction of sp³-hybridized carbons (Fsp3) is 0.424. The standard InChI is InChI=1S/C33H37N5O9/c1-14(39)15-6-8-18(9-7-15)36-32(46)35-13-17-12-21(37(2)3)19-10-16-11-20-25(38(4)5)28(42)24(31(34)45)30(44)33(20,47)29(43)22(16)27(41)23(19)26(17)40/h6-9,12,16,20,22,24-25,40,47H,10-11,13H2,1-5H3,(H2,34,45)(H2,35,36,46)/t16-,20-,22?,24?,25-,33-/m1/s1. The van der Waals surface area contributed by atoms with Gasteiger partial charge in [0.1, 0.15) is 5.75 Å². The van der Waals surface area contributed by atoms with Gasteiger partial charge in [0.15, 0.2) is 40.4 Å². The molecule has 2 saturated carbocycles. The van der Waals surface area contributed by atoms with Gasteiger partial charge in [-0.15, -0.1) is 0 Å². The molecule has 5 rings (SSSR count). The number of ketones is 5. The molecule has 3 aliphatic rings. The van der Waals surface area contributed by atoms with Crippen molar-refractivity contribution in [2.75, 3.05) is 38.4 Å². The van der Waals surface area contributed by atoms with E-state index >= 15 is 0 Å². The number of phenols is 1. The quantitative estimate of drug-likeness (QED) is 0.205. The van der Waals surface area contributed by atoms with Crippen molar-refractivity contribution in [1.82, 2.24) is 10.2 Å². The third kappa shape index (κ3) is 5.36. The molecule has 2 aromatic carbocycles. The van der Waals surface area contributed by atoms with Crippen LogP contribution in [0.2, 0.25) is 0 Å². The average Bonchev–Trinajstić information content (AvgIpc) is 2.98. The maximum Gasteiger partial charge on any atom is 0.319 e. The van der Waals surface area contributed by atoms with Crippen molar-refractivity contribution in [3.05, 3.63) is 52.6 Å². The molecule has 0 aliphatic heterocycles. The number of nitrogens with one attached hydrogen (secondary N) is 2. The molecule has 14 nitrogen and oxygen atoms in total. The number of hydrogen-bond donors (Lipinski definition) is 5. The summed E-state index contributed by atoms with van der Waals surface area (Å²) in [5, 5.41) is 28.4. The van der Waals surface area contributed by atoms with Gasteiger partial charge in [-0.25, -0.2) is 4.79 Å². The minimum absolute atomic E-state index is 0.0611. The number of nitrogens with two attached hydrogens (primary N) is 1. The van der Waals surface area contributed by atoms with Gasteiger partial charge in [-0.2, -0.15) is 0 Å². The second kappa shape index (κ2) is 12.0. The number of anilines is 2. The number of amides is 3. The summed E-state index contributed by atoms with van der Waals surface area (Å²) in [7, 11) is 6.51. The Kier molecular flexibility index (Phi) is 8.54. The summed E-state index contributed by atoms with van der Waals surface area (Å²) in [5.41, 5.74) is 4.44. The van der Waals surface area contributed by atoms with Crippen molar-refractivity contribution >= 4 is 52.2 Å². The van der Waals surface area contributed by atoms with Crippen LogP contribution >= 0.6 is 0 Å². The van der Waals surface area contributed by atoms with Crippen LogP contribution in [0.1, 0.15) is 45.2 Å². The summed E-state index contributed by atoms with van der Waals surface area (Å²) in [6, 6.07) is 6.05. The van der Waals surface area contributed by atoms with E-state index in [1.807, 2.05) is 0 Å². The minimum atomic E-state index is -2.82. The van der Waals surface area contributed by atoms with E-state index in [2.05, 4.69) is 10.6 Å². The largest absolute Gasteiger partial charge is 0.507 e. The van der Waals surface area contributed by atoms with Crippen LogP contribution in [-0.4, -0.2) is 95.8 Å². The first-order valence-electron chi connectivity index (χ1n) is 15.1. The maximum atomic E-state index is 14.2. The normalized spacial score (nSPS) is 26.7. The molecule has 6 atom stereocenters. The molecule has 0 radical (unpaired) electrons. The van der Waals surface area contributed by atoms with E-state index in [-0.39, 0.29) is 36.3 Å². The van der Waals surface area contributed by atoms with Crippen LogP contribution in [0.3, 0.4) is 0 Å². The molecule has 3 aliphatic carbocycles. The number of likely N-dealkylation sites (N-methyl/N-ethyl adjacent to an activating group) is 1. The summed E-state index contributed by atoms with van der Waals surface area (Å²) < 4.78 is 0. The zero-order valence-electron chi connectivity index (χ0n) is 26.6. The van der Waals surface area contributed by atoms with E-state index in [1.54, 1.807) is 49.3 Å². The Bertz CT molecular complexity index is 1730. The highest BCUT2D eigenvalue weighted by atomic mass is 16.3. The number of carbonyl (C=O) groups is 7. The fourth-order valence-corrected chi connectivity index (χ4v) is 7.38. The minimum Gasteiger partial charge on any atom is -0.507 e. The molecule has 2 fully saturated rings. The van der Waals surface area contributed by atoms with Crippen molar-refractivity contribution in [2.24, 2.45) is 29.4 Å². The highest BCUT2D eigenvalue weighted by Gasteiger charge is 2.69.